The van der Waals surface area contributed by atoms with Gasteiger partial charge >= 0.3 is 0 Å². The van der Waals surface area contributed by atoms with Crippen LogP contribution in [-0.2, 0) is 14.3 Å². The van der Waals surface area contributed by atoms with Gasteiger partial charge in [-0.05, 0) is 38.0 Å². The smallest absolute Gasteiger partial charge is 0.242 e. The molecule has 0 aromatic carbocycles. The van der Waals surface area contributed by atoms with Gasteiger partial charge in [-0.15, -0.1) is 0 Å². The molecule has 1 aliphatic carbocycles. The third-order valence-electron chi connectivity index (χ3n) is 5.88. The average molecular weight is 337 g/mol. The average Bonchev–Trinajstić information content (AvgIpc) is 2.96. The van der Waals surface area contributed by atoms with Crippen molar-refractivity contribution in [1.82, 2.24) is 9.80 Å². The number of nitrogens with two attached hydrogens (primary N) is 1. The Balaban J connectivity index is 1.52. The molecule has 6 heteroatoms. The Morgan fingerprint density at radius 1 is 0.958 bits per heavy atom. The monoisotopic (exact) mass is 337 g/mol. The Kier molecular flexibility index (Phi) is 5.76. The lowest BCUT2D eigenvalue weighted by atomic mass is 9.89. The zero-order valence-corrected chi connectivity index (χ0v) is 14.7. The van der Waals surface area contributed by atoms with Crippen molar-refractivity contribution in [2.75, 3.05) is 39.4 Å². The first-order valence-corrected chi connectivity index (χ1v) is 9.52. The number of carbonyl (C=O) groups excluding carboxylic acids is 2. The molecule has 2 heterocycles. The summed E-state index contributed by atoms with van der Waals surface area (Å²) in [7, 11) is 0. The highest BCUT2D eigenvalue weighted by Gasteiger charge is 2.39. The van der Waals surface area contributed by atoms with Crippen LogP contribution in [-0.4, -0.2) is 66.5 Å². The zero-order chi connectivity index (χ0) is 17.0. The first-order valence-electron chi connectivity index (χ1n) is 9.52. The number of hydrogen-bond donors (Lipinski definition) is 1. The van der Waals surface area contributed by atoms with Crippen molar-refractivity contribution in [1.29, 1.82) is 0 Å². The van der Waals surface area contributed by atoms with Crippen LogP contribution < -0.4 is 5.73 Å². The minimum absolute atomic E-state index is 0.0379. The van der Waals surface area contributed by atoms with Crippen LogP contribution >= 0.6 is 0 Å². The molecular weight excluding hydrogens is 306 g/mol. The molecule has 2 aliphatic heterocycles. The predicted molar refractivity (Wildman–Crippen MR) is 91.3 cm³/mol. The van der Waals surface area contributed by atoms with E-state index in [1.54, 1.807) is 0 Å². The molecular formula is C18H31N3O3. The van der Waals surface area contributed by atoms with Crippen LogP contribution in [0.25, 0.3) is 0 Å². The molecule has 136 valence electrons. The van der Waals surface area contributed by atoms with Crippen LogP contribution in [0.2, 0.25) is 0 Å². The van der Waals surface area contributed by atoms with Crippen LogP contribution in [0.4, 0.5) is 0 Å². The summed E-state index contributed by atoms with van der Waals surface area (Å²) >= 11 is 0. The second-order valence-corrected chi connectivity index (χ2v) is 7.65. The highest BCUT2D eigenvalue weighted by molar-refractivity contribution is 5.86. The fourth-order valence-electron chi connectivity index (χ4n) is 4.22. The lowest BCUT2D eigenvalue weighted by Crippen LogP contribution is -2.58. The van der Waals surface area contributed by atoms with Crippen molar-refractivity contribution in [3.63, 3.8) is 0 Å². The van der Waals surface area contributed by atoms with Gasteiger partial charge in [-0.25, -0.2) is 0 Å². The Labute approximate surface area is 144 Å². The first kappa shape index (κ1) is 17.7. The number of rotatable bonds is 3. The summed E-state index contributed by atoms with van der Waals surface area (Å²) < 4.78 is 5.34. The van der Waals surface area contributed by atoms with E-state index in [1.807, 2.05) is 9.80 Å². The van der Waals surface area contributed by atoms with E-state index in [2.05, 4.69) is 0 Å². The topological polar surface area (TPSA) is 75.9 Å². The summed E-state index contributed by atoms with van der Waals surface area (Å²) in [5, 5.41) is 0. The Morgan fingerprint density at radius 3 is 2.29 bits per heavy atom. The molecule has 1 saturated carbocycles. The maximum absolute atomic E-state index is 12.8. The second kappa shape index (κ2) is 7.83. The Morgan fingerprint density at radius 2 is 1.58 bits per heavy atom. The Bertz CT molecular complexity index is 456. The summed E-state index contributed by atoms with van der Waals surface area (Å²) in [6.45, 7) is 3.82. The Hall–Kier alpha value is -1.14. The van der Waals surface area contributed by atoms with Crippen molar-refractivity contribution in [3.8, 4) is 0 Å². The van der Waals surface area contributed by atoms with Gasteiger partial charge in [0.1, 0.15) is 0 Å². The third kappa shape index (κ3) is 4.09. The van der Waals surface area contributed by atoms with E-state index in [0.29, 0.717) is 58.0 Å². The normalized spacial score (nSPS) is 25.5. The van der Waals surface area contributed by atoms with Gasteiger partial charge in [-0.2, -0.15) is 0 Å². The van der Waals surface area contributed by atoms with Crippen molar-refractivity contribution in [2.24, 2.45) is 11.7 Å². The van der Waals surface area contributed by atoms with Crippen molar-refractivity contribution in [3.05, 3.63) is 0 Å². The van der Waals surface area contributed by atoms with E-state index in [1.165, 1.54) is 25.7 Å². The van der Waals surface area contributed by atoms with E-state index in [0.717, 1.165) is 13.0 Å². The van der Waals surface area contributed by atoms with Gasteiger partial charge in [0.2, 0.25) is 11.8 Å². The summed E-state index contributed by atoms with van der Waals surface area (Å²) in [5.41, 5.74) is 5.56. The van der Waals surface area contributed by atoms with Crippen LogP contribution in [0.5, 0.6) is 0 Å². The van der Waals surface area contributed by atoms with Crippen LogP contribution in [0.15, 0.2) is 0 Å². The number of nitrogens with zero attached hydrogens (tertiary/aromatic N) is 2. The molecule has 24 heavy (non-hydrogen) atoms. The summed E-state index contributed by atoms with van der Waals surface area (Å²) in [6.07, 6.45) is 7.63. The lowest BCUT2D eigenvalue weighted by Gasteiger charge is -2.36. The number of carbonyl (C=O) groups is 2. The molecule has 2 N–H and O–H groups in total. The number of amides is 2. The van der Waals surface area contributed by atoms with Crippen molar-refractivity contribution >= 4 is 11.8 Å². The molecule has 0 unspecified atom stereocenters. The highest BCUT2D eigenvalue weighted by atomic mass is 16.5. The van der Waals surface area contributed by atoms with E-state index in [9.17, 15) is 9.59 Å². The van der Waals surface area contributed by atoms with Gasteiger partial charge in [0.15, 0.2) is 0 Å². The van der Waals surface area contributed by atoms with E-state index in [-0.39, 0.29) is 11.8 Å². The quantitative estimate of drug-likeness (QED) is 0.838. The van der Waals surface area contributed by atoms with Gasteiger partial charge < -0.3 is 20.3 Å². The molecule has 0 radical (unpaired) electrons. The maximum atomic E-state index is 12.8. The summed E-state index contributed by atoms with van der Waals surface area (Å²) in [5.74, 6) is 0.883. The predicted octanol–water partition coefficient (Wildman–Crippen LogP) is 1.14. The molecule has 0 atom stereocenters. The molecule has 3 rings (SSSR count). The fourth-order valence-corrected chi connectivity index (χ4v) is 4.22. The van der Waals surface area contributed by atoms with Crippen molar-refractivity contribution < 1.29 is 14.3 Å². The molecule has 2 saturated heterocycles. The maximum Gasteiger partial charge on any atom is 0.242 e. The van der Waals surface area contributed by atoms with Crippen molar-refractivity contribution in [2.45, 2.75) is 56.9 Å². The number of hydrogen-bond acceptors (Lipinski definition) is 4. The first-order chi connectivity index (χ1) is 11.6. The third-order valence-corrected chi connectivity index (χ3v) is 5.88. The SMILES string of the molecule is NC1(C(=O)N2CCCN(C(=O)CC3CCCC3)CC2)CCOCC1. The molecule has 2 amide bonds. The van der Waals surface area contributed by atoms with Gasteiger partial charge in [0, 0.05) is 45.8 Å². The molecule has 0 aromatic rings. The second-order valence-electron chi connectivity index (χ2n) is 7.65. The molecule has 0 bridgehead atoms. The van der Waals surface area contributed by atoms with E-state index >= 15 is 0 Å². The molecule has 6 nitrogen and oxygen atoms in total. The molecule has 0 aromatic heterocycles. The van der Waals surface area contributed by atoms with Gasteiger partial charge in [-0.3, -0.25) is 9.59 Å². The summed E-state index contributed by atoms with van der Waals surface area (Å²) in [4.78, 5) is 29.2. The van der Waals surface area contributed by atoms with Crippen LogP contribution in [0.3, 0.4) is 0 Å². The van der Waals surface area contributed by atoms with Gasteiger partial charge in [0.05, 0.1) is 5.54 Å². The largest absolute Gasteiger partial charge is 0.381 e. The highest BCUT2D eigenvalue weighted by Crippen LogP contribution is 2.28. The van der Waals surface area contributed by atoms with Gasteiger partial charge in [0.25, 0.3) is 0 Å². The minimum atomic E-state index is -0.777. The summed E-state index contributed by atoms with van der Waals surface area (Å²) in [6, 6.07) is 0. The zero-order valence-electron chi connectivity index (χ0n) is 14.7. The van der Waals surface area contributed by atoms with E-state index in [4.69, 9.17) is 10.5 Å². The lowest BCUT2D eigenvalue weighted by molar-refractivity contribution is -0.141. The van der Waals surface area contributed by atoms with E-state index < -0.39 is 5.54 Å². The number of ether oxygens (including phenoxy) is 1. The fraction of sp³-hybridized carbons (Fsp3) is 0.889. The van der Waals surface area contributed by atoms with Gasteiger partial charge in [-0.1, -0.05) is 12.8 Å². The molecule has 0 spiro atoms. The minimum Gasteiger partial charge on any atom is -0.381 e. The standard InChI is InChI=1S/C18H31N3O3/c19-18(6-12-24-13-7-18)17(23)21-9-3-8-20(10-11-21)16(22)14-15-4-1-2-5-15/h15H,1-14,19H2. The molecule has 3 aliphatic rings. The van der Waals surface area contributed by atoms with Crippen LogP contribution in [0, 0.1) is 5.92 Å². The van der Waals surface area contributed by atoms with Crippen LogP contribution in [0.1, 0.15) is 51.4 Å². The molecule has 3 fully saturated rings.